The van der Waals surface area contributed by atoms with Crippen LogP contribution in [0.4, 0.5) is 0 Å². The van der Waals surface area contributed by atoms with Gasteiger partial charge in [0.2, 0.25) is 0 Å². The molecule has 3 aromatic rings. The van der Waals surface area contributed by atoms with Crippen LogP contribution in [0, 0.1) is 0 Å². The molecule has 1 unspecified atom stereocenters. The molecule has 0 aliphatic rings. The maximum Gasteiger partial charge on any atom is 0.0893 e. The SMILES string of the molecule is CCCC(N)c1ccc(-c2ccc3nccnc3c2)s1. The molecule has 0 saturated heterocycles. The van der Waals surface area contributed by atoms with Crippen molar-refractivity contribution in [2.45, 2.75) is 25.8 Å². The van der Waals surface area contributed by atoms with E-state index in [1.807, 2.05) is 6.07 Å². The molecular formula is C16H17N3S. The molecule has 1 aromatic carbocycles. The van der Waals surface area contributed by atoms with Crippen molar-refractivity contribution >= 4 is 22.4 Å². The van der Waals surface area contributed by atoms with Gasteiger partial charge in [0.1, 0.15) is 0 Å². The topological polar surface area (TPSA) is 51.8 Å². The second kappa shape index (κ2) is 5.69. The lowest BCUT2D eigenvalue weighted by molar-refractivity contribution is 0.648. The van der Waals surface area contributed by atoms with Crippen LogP contribution in [0.5, 0.6) is 0 Å². The van der Waals surface area contributed by atoms with Crippen LogP contribution >= 0.6 is 11.3 Å². The normalized spacial score (nSPS) is 12.7. The van der Waals surface area contributed by atoms with E-state index in [4.69, 9.17) is 5.73 Å². The maximum absolute atomic E-state index is 6.18. The number of hydrogen-bond donors (Lipinski definition) is 1. The van der Waals surface area contributed by atoms with E-state index in [0.717, 1.165) is 23.9 Å². The van der Waals surface area contributed by atoms with E-state index in [1.165, 1.54) is 15.3 Å². The van der Waals surface area contributed by atoms with Gasteiger partial charge in [0.15, 0.2) is 0 Å². The van der Waals surface area contributed by atoms with E-state index in [0.29, 0.717) is 0 Å². The van der Waals surface area contributed by atoms with Crippen molar-refractivity contribution in [3.05, 3.63) is 47.6 Å². The molecule has 0 spiro atoms. The quantitative estimate of drug-likeness (QED) is 0.782. The summed E-state index contributed by atoms with van der Waals surface area (Å²) in [5.41, 5.74) is 9.21. The van der Waals surface area contributed by atoms with Crippen LogP contribution in [0.25, 0.3) is 21.5 Å². The van der Waals surface area contributed by atoms with Gasteiger partial charge in [-0.2, -0.15) is 0 Å². The first kappa shape index (κ1) is 13.2. The van der Waals surface area contributed by atoms with Gasteiger partial charge in [0.05, 0.1) is 11.0 Å². The summed E-state index contributed by atoms with van der Waals surface area (Å²) in [6.45, 7) is 2.16. The minimum Gasteiger partial charge on any atom is -0.323 e. The van der Waals surface area contributed by atoms with E-state index in [-0.39, 0.29) is 6.04 Å². The molecule has 0 amide bonds. The summed E-state index contributed by atoms with van der Waals surface area (Å²) < 4.78 is 0. The monoisotopic (exact) mass is 283 g/mol. The first-order chi connectivity index (χ1) is 9.78. The molecule has 0 aliphatic carbocycles. The van der Waals surface area contributed by atoms with E-state index in [9.17, 15) is 0 Å². The van der Waals surface area contributed by atoms with E-state index < -0.39 is 0 Å². The summed E-state index contributed by atoms with van der Waals surface area (Å²) >= 11 is 1.77. The third kappa shape index (κ3) is 2.57. The highest BCUT2D eigenvalue weighted by molar-refractivity contribution is 7.15. The molecule has 3 nitrogen and oxygen atoms in total. The fourth-order valence-corrected chi connectivity index (χ4v) is 3.32. The highest BCUT2D eigenvalue weighted by Crippen LogP contribution is 2.32. The number of nitrogens with two attached hydrogens (primary N) is 1. The van der Waals surface area contributed by atoms with Gasteiger partial charge in [0, 0.05) is 28.2 Å². The molecule has 4 heteroatoms. The molecule has 2 N–H and O–H groups in total. The van der Waals surface area contributed by atoms with Crippen molar-refractivity contribution in [1.29, 1.82) is 0 Å². The molecule has 2 aromatic heterocycles. The van der Waals surface area contributed by atoms with Gasteiger partial charge in [-0.25, -0.2) is 0 Å². The van der Waals surface area contributed by atoms with Crippen LogP contribution in [0.15, 0.2) is 42.7 Å². The summed E-state index contributed by atoms with van der Waals surface area (Å²) in [5.74, 6) is 0. The van der Waals surface area contributed by atoms with E-state index in [1.54, 1.807) is 23.7 Å². The van der Waals surface area contributed by atoms with E-state index in [2.05, 4.69) is 41.2 Å². The Balaban J connectivity index is 1.94. The lowest BCUT2D eigenvalue weighted by Gasteiger charge is -2.06. The largest absolute Gasteiger partial charge is 0.323 e. The van der Waals surface area contributed by atoms with Gasteiger partial charge >= 0.3 is 0 Å². The van der Waals surface area contributed by atoms with Crippen molar-refractivity contribution in [3.63, 3.8) is 0 Å². The summed E-state index contributed by atoms with van der Waals surface area (Å²) in [7, 11) is 0. The summed E-state index contributed by atoms with van der Waals surface area (Å²) in [6, 6.07) is 10.6. The van der Waals surface area contributed by atoms with Crippen LogP contribution in [-0.2, 0) is 0 Å². The fourth-order valence-electron chi connectivity index (χ4n) is 2.28. The van der Waals surface area contributed by atoms with Crippen LogP contribution in [-0.4, -0.2) is 9.97 Å². The van der Waals surface area contributed by atoms with E-state index >= 15 is 0 Å². The Morgan fingerprint density at radius 1 is 1.10 bits per heavy atom. The van der Waals surface area contributed by atoms with Crippen LogP contribution < -0.4 is 5.73 Å². The number of aromatic nitrogens is 2. The molecule has 0 fully saturated rings. The fraction of sp³-hybridized carbons (Fsp3) is 0.250. The van der Waals surface area contributed by atoms with Crippen molar-refractivity contribution in [1.82, 2.24) is 9.97 Å². The van der Waals surface area contributed by atoms with Gasteiger partial charge in [0.25, 0.3) is 0 Å². The zero-order valence-electron chi connectivity index (χ0n) is 11.4. The first-order valence-electron chi connectivity index (χ1n) is 6.84. The van der Waals surface area contributed by atoms with Crippen molar-refractivity contribution in [2.75, 3.05) is 0 Å². The minimum absolute atomic E-state index is 0.152. The zero-order valence-corrected chi connectivity index (χ0v) is 12.2. The summed E-state index contributed by atoms with van der Waals surface area (Å²) in [5, 5.41) is 0. The molecule has 0 radical (unpaired) electrons. The van der Waals surface area contributed by atoms with Crippen LogP contribution in [0.2, 0.25) is 0 Å². The lowest BCUT2D eigenvalue weighted by Crippen LogP contribution is -2.07. The predicted octanol–water partition coefficient (Wildman–Crippen LogP) is 4.16. The third-order valence-corrected chi connectivity index (χ3v) is 4.61. The van der Waals surface area contributed by atoms with Gasteiger partial charge in [-0.15, -0.1) is 11.3 Å². The second-order valence-corrected chi connectivity index (χ2v) is 5.97. The Hall–Kier alpha value is -1.78. The van der Waals surface area contributed by atoms with Crippen LogP contribution in [0.1, 0.15) is 30.7 Å². The number of rotatable bonds is 4. The second-order valence-electron chi connectivity index (χ2n) is 4.86. The predicted molar refractivity (Wildman–Crippen MR) is 84.7 cm³/mol. The maximum atomic E-state index is 6.18. The zero-order chi connectivity index (χ0) is 13.9. The average Bonchev–Trinajstić information content (AvgIpc) is 2.97. The molecular weight excluding hydrogens is 266 g/mol. The lowest BCUT2D eigenvalue weighted by atomic mass is 10.1. The highest BCUT2D eigenvalue weighted by Gasteiger charge is 2.10. The number of hydrogen-bond acceptors (Lipinski definition) is 4. The molecule has 0 saturated carbocycles. The Morgan fingerprint density at radius 2 is 1.90 bits per heavy atom. The number of benzene rings is 1. The van der Waals surface area contributed by atoms with Crippen molar-refractivity contribution < 1.29 is 0 Å². The molecule has 20 heavy (non-hydrogen) atoms. The Kier molecular flexibility index (Phi) is 3.76. The average molecular weight is 283 g/mol. The van der Waals surface area contributed by atoms with Gasteiger partial charge in [-0.3, -0.25) is 9.97 Å². The number of nitrogens with zero attached hydrogens (tertiary/aromatic N) is 2. The highest BCUT2D eigenvalue weighted by atomic mass is 32.1. The van der Waals surface area contributed by atoms with Gasteiger partial charge < -0.3 is 5.73 Å². The van der Waals surface area contributed by atoms with Gasteiger partial charge in [-0.1, -0.05) is 19.4 Å². The Labute approximate surface area is 122 Å². The third-order valence-electron chi connectivity index (χ3n) is 3.35. The first-order valence-corrected chi connectivity index (χ1v) is 7.66. The molecule has 3 rings (SSSR count). The molecule has 2 heterocycles. The molecule has 0 aliphatic heterocycles. The van der Waals surface area contributed by atoms with Gasteiger partial charge in [-0.05, 0) is 36.2 Å². The molecule has 1 atom stereocenters. The number of fused-ring (bicyclic) bond motifs is 1. The summed E-state index contributed by atoms with van der Waals surface area (Å²) in [6.07, 6.45) is 5.58. The molecule has 0 bridgehead atoms. The Bertz CT molecular complexity index is 720. The summed E-state index contributed by atoms with van der Waals surface area (Å²) in [4.78, 5) is 11.1. The minimum atomic E-state index is 0.152. The van der Waals surface area contributed by atoms with Crippen LogP contribution in [0.3, 0.4) is 0 Å². The number of thiophene rings is 1. The molecule has 102 valence electrons. The smallest absolute Gasteiger partial charge is 0.0893 e. The Morgan fingerprint density at radius 3 is 2.70 bits per heavy atom. The van der Waals surface area contributed by atoms with Crippen molar-refractivity contribution in [3.8, 4) is 10.4 Å². The van der Waals surface area contributed by atoms with Crippen molar-refractivity contribution in [2.24, 2.45) is 5.73 Å². The standard InChI is InChI=1S/C16H17N3S/c1-2-3-12(17)16-7-6-15(20-16)11-4-5-13-14(10-11)19-9-8-18-13/h4-10,12H,2-3,17H2,1H3.